The molecule has 0 fully saturated rings. The minimum atomic E-state index is -1.28. The number of methoxy groups -OCH3 is 2. The Kier molecular flexibility index (Phi) is 4.98. The van der Waals surface area contributed by atoms with Crippen LogP contribution < -0.4 is 20.5 Å². The van der Waals surface area contributed by atoms with Gasteiger partial charge >= 0.3 is 0 Å². The van der Waals surface area contributed by atoms with Crippen molar-refractivity contribution in [1.82, 2.24) is 9.97 Å². The van der Waals surface area contributed by atoms with Gasteiger partial charge in [0.2, 0.25) is 0 Å². The van der Waals surface area contributed by atoms with Crippen LogP contribution in [0.15, 0.2) is 24.3 Å². The molecule has 1 heterocycles. The van der Waals surface area contributed by atoms with Crippen LogP contribution in [0.4, 0.5) is 16.0 Å². The lowest BCUT2D eigenvalue weighted by Crippen LogP contribution is -2.08. The Labute approximate surface area is 128 Å². The van der Waals surface area contributed by atoms with Gasteiger partial charge in [0.15, 0.2) is 12.0 Å². The molecule has 1 atom stereocenters. The summed E-state index contributed by atoms with van der Waals surface area (Å²) in [5.41, 5.74) is 6.57. The first kappa shape index (κ1) is 15.8. The molecule has 1 aromatic carbocycles. The maximum atomic E-state index is 13.3. The molecule has 2 rings (SSSR count). The van der Waals surface area contributed by atoms with Gasteiger partial charge in [0.1, 0.15) is 23.1 Å². The van der Waals surface area contributed by atoms with Crippen LogP contribution in [0.5, 0.6) is 11.5 Å². The summed E-state index contributed by atoms with van der Waals surface area (Å²) >= 11 is 0. The minimum absolute atomic E-state index is 0.0594. The highest BCUT2D eigenvalue weighted by molar-refractivity contribution is 5.47. The Morgan fingerprint density at radius 2 is 2.00 bits per heavy atom. The van der Waals surface area contributed by atoms with Crippen molar-refractivity contribution >= 4 is 11.6 Å². The van der Waals surface area contributed by atoms with Crippen molar-refractivity contribution < 1.29 is 13.9 Å². The van der Waals surface area contributed by atoms with Gasteiger partial charge in [-0.15, -0.1) is 0 Å². The van der Waals surface area contributed by atoms with Crippen LogP contribution in [0.1, 0.15) is 24.5 Å². The molecular weight excluding hydrogens is 287 g/mol. The number of hydrogen-bond acceptors (Lipinski definition) is 6. The third-order valence-electron chi connectivity index (χ3n) is 3.07. The lowest BCUT2D eigenvalue weighted by atomic mass is 10.2. The first-order chi connectivity index (χ1) is 10.5. The van der Waals surface area contributed by atoms with Gasteiger partial charge in [-0.2, -0.15) is 0 Å². The quantitative estimate of drug-likeness (QED) is 0.854. The van der Waals surface area contributed by atoms with Gasteiger partial charge in [0.05, 0.1) is 14.2 Å². The molecule has 0 radical (unpaired) electrons. The third kappa shape index (κ3) is 3.75. The van der Waals surface area contributed by atoms with E-state index in [4.69, 9.17) is 15.2 Å². The molecule has 3 N–H and O–H groups in total. The fourth-order valence-electron chi connectivity index (χ4n) is 1.94. The number of nitrogens with two attached hydrogens (primary N) is 1. The van der Waals surface area contributed by atoms with Crippen molar-refractivity contribution in [2.75, 3.05) is 25.3 Å². The molecule has 0 saturated heterocycles. The smallest absolute Gasteiger partial charge is 0.166 e. The zero-order chi connectivity index (χ0) is 16.1. The summed E-state index contributed by atoms with van der Waals surface area (Å²) < 4.78 is 23.8. The van der Waals surface area contributed by atoms with Crippen molar-refractivity contribution in [1.29, 1.82) is 0 Å². The Morgan fingerprint density at radius 1 is 1.23 bits per heavy atom. The summed E-state index contributed by atoms with van der Waals surface area (Å²) in [4.78, 5) is 7.95. The second-order valence-electron chi connectivity index (χ2n) is 4.68. The highest BCUT2D eigenvalue weighted by Crippen LogP contribution is 2.25. The molecular formula is C15H19FN4O2. The Balaban J connectivity index is 2.16. The molecule has 0 bridgehead atoms. The SMILES string of the molecule is COc1ccc(CNc2cc(N)nc([C@@H](C)F)n2)c(OC)c1. The van der Waals surface area contributed by atoms with Gasteiger partial charge in [-0.3, -0.25) is 0 Å². The van der Waals surface area contributed by atoms with Crippen molar-refractivity contribution in [3.63, 3.8) is 0 Å². The van der Waals surface area contributed by atoms with Crippen molar-refractivity contribution in [3.05, 3.63) is 35.7 Å². The molecule has 0 spiro atoms. The molecule has 1 aromatic heterocycles. The summed E-state index contributed by atoms with van der Waals surface area (Å²) in [6.45, 7) is 1.81. The number of ether oxygens (including phenoxy) is 2. The van der Waals surface area contributed by atoms with E-state index in [2.05, 4.69) is 15.3 Å². The molecule has 0 aliphatic heterocycles. The predicted molar refractivity (Wildman–Crippen MR) is 82.8 cm³/mol. The summed E-state index contributed by atoms with van der Waals surface area (Å²) in [6, 6.07) is 7.07. The first-order valence-electron chi connectivity index (χ1n) is 6.76. The second-order valence-corrected chi connectivity index (χ2v) is 4.68. The third-order valence-corrected chi connectivity index (χ3v) is 3.07. The average molecular weight is 306 g/mol. The minimum Gasteiger partial charge on any atom is -0.497 e. The molecule has 118 valence electrons. The summed E-state index contributed by atoms with van der Waals surface area (Å²) in [6.07, 6.45) is -1.28. The Morgan fingerprint density at radius 3 is 2.64 bits per heavy atom. The molecule has 0 aliphatic carbocycles. The van der Waals surface area contributed by atoms with Crippen LogP contribution in [-0.2, 0) is 6.54 Å². The zero-order valence-electron chi connectivity index (χ0n) is 12.8. The van der Waals surface area contributed by atoms with E-state index in [0.29, 0.717) is 23.9 Å². The van der Waals surface area contributed by atoms with E-state index in [0.717, 1.165) is 5.56 Å². The normalized spacial score (nSPS) is 11.8. The largest absolute Gasteiger partial charge is 0.497 e. The fourth-order valence-corrected chi connectivity index (χ4v) is 1.94. The van der Waals surface area contributed by atoms with Gasteiger partial charge in [0.25, 0.3) is 0 Å². The highest BCUT2D eigenvalue weighted by atomic mass is 19.1. The number of benzene rings is 1. The van der Waals surface area contributed by atoms with E-state index in [9.17, 15) is 4.39 Å². The van der Waals surface area contributed by atoms with E-state index >= 15 is 0 Å². The Hall–Kier alpha value is -2.57. The van der Waals surface area contributed by atoms with Crippen LogP contribution >= 0.6 is 0 Å². The number of alkyl halides is 1. The first-order valence-corrected chi connectivity index (χ1v) is 6.76. The van der Waals surface area contributed by atoms with Crippen LogP contribution in [0.3, 0.4) is 0 Å². The van der Waals surface area contributed by atoms with Crippen LogP contribution in [0.25, 0.3) is 0 Å². The number of halogens is 1. The van der Waals surface area contributed by atoms with E-state index in [1.165, 1.54) is 6.92 Å². The van der Waals surface area contributed by atoms with Crippen molar-refractivity contribution in [3.8, 4) is 11.5 Å². The van der Waals surface area contributed by atoms with Crippen molar-refractivity contribution in [2.24, 2.45) is 0 Å². The fraction of sp³-hybridized carbons (Fsp3) is 0.333. The lowest BCUT2D eigenvalue weighted by Gasteiger charge is -2.12. The average Bonchev–Trinajstić information content (AvgIpc) is 2.52. The van der Waals surface area contributed by atoms with E-state index < -0.39 is 6.17 Å². The summed E-state index contributed by atoms with van der Waals surface area (Å²) in [5.74, 6) is 2.14. The monoisotopic (exact) mass is 306 g/mol. The van der Waals surface area contributed by atoms with Gasteiger partial charge in [-0.25, -0.2) is 14.4 Å². The molecule has 0 aliphatic rings. The standard InChI is InChI=1S/C15H19FN4O2/c1-9(16)15-19-13(17)7-14(20-15)18-8-10-4-5-11(21-2)6-12(10)22-3/h4-7,9H,8H2,1-3H3,(H3,17,18,19,20)/t9-/m1/s1. The number of anilines is 2. The number of nitrogens with zero attached hydrogens (tertiary/aromatic N) is 2. The zero-order valence-corrected chi connectivity index (χ0v) is 12.8. The lowest BCUT2D eigenvalue weighted by molar-refractivity contribution is 0.357. The van der Waals surface area contributed by atoms with Crippen LogP contribution in [-0.4, -0.2) is 24.2 Å². The maximum absolute atomic E-state index is 13.3. The number of nitrogens with one attached hydrogen (secondary N) is 1. The topological polar surface area (TPSA) is 82.3 Å². The molecule has 0 saturated carbocycles. The molecule has 0 unspecified atom stereocenters. The molecule has 7 heteroatoms. The molecule has 0 amide bonds. The van der Waals surface area contributed by atoms with Gasteiger partial charge in [-0.1, -0.05) is 0 Å². The van der Waals surface area contributed by atoms with Crippen LogP contribution in [0, 0.1) is 0 Å². The van der Waals surface area contributed by atoms with Gasteiger partial charge < -0.3 is 20.5 Å². The maximum Gasteiger partial charge on any atom is 0.166 e. The van der Waals surface area contributed by atoms with E-state index in [-0.39, 0.29) is 11.6 Å². The number of nitrogen functional groups attached to an aromatic ring is 1. The molecule has 2 aromatic rings. The summed E-state index contributed by atoms with van der Waals surface area (Å²) in [7, 11) is 3.18. The number of aromatic nitrogens is 2. The van der Waals surface area contributed by atoms with E-state index in [1.807, 2.05) is 12.1 Å². The highest BCUT2D eigenvalue weighted by Gasteiger charge is 2.10. The van der Waals surface area contributed by atoms with E-state index in [1.54, 1.807) is 26.4 Å². The number of rotatable bonds is 6. The van der Waals surface area contributed by atoms with Crippen molar-refractivity contribution in [2.45, 2.75) is 19.6 Å². The Bertz CT molecular complexity index is 649. The van der Waals surface area contributed by atoms with Gasteiger partial charge in [0, 0.05) is 24.2 Å². The molecule has 6 nitrogen and oxygen atoms in total. The summed E-state index contributed by atoms with van der Waals surface area (Å²) in [5, 5.41) is 3.09. The van der Waals surface area contributed by atoms with Gasteiger partial charge in [-0.05, 0) is 19.1 Å². The number of hydrogen-bond donors (Lipinski definition) is 2. The van der Waals surface area contributed by atoms with Crippen LogP contribution in [0.2, 0.25) is 0 Å². The second kappa shape index (κ2) is 6.93. The predicted octanol–water partition coefficient (Wildman–Crippen LogP) is 2.72. The molecule has 22 heavy (non-hydrogen) atoms.